The molecule has 0 unspecified atom stereocenters. The van der Waals surface area contributed by atoms with Crippen molar-refractivity contribution in [3.63, 3.8) is 0 Å². The second-order valence-corrected chi connectivity index (χ2v) is 8.71. The molecule has 3 rings (SSSR count). The molecule has 0 heterocycles. The van der Waals surface area contributed by atoms with Gasteiger partial charge in [-0.3, -0.25) is 9.59 Å². The van der Waals surface area contributed by atoms with E-state index in [0.29, 0.717) is 19.4 Å². The van der Waals surface area contributed by atoms with E-state index in [1.165, 1.54) is 0 Å². The number of benzene rings is 2. The Morgan fingerprint density at radius 2 is 1.56 bits per heavy atom. The number of carboxylic acid groups (broad SMARTS) is 1. The SMILES string of the molecule is CC(C)(CC(=O)NCCCCC(=O)O)NC(=O)OCC1c2ccccc2-c2ccccc21. The molecule has 2 aromatic rings. The van der Waals surface area contributed by atoms with Gasteiger partial charge in [0.25, 0.3) is 0 Å². The van der Waals surface area contributed by atoms with Gasteiger partial charge in [-0.05, 0) is 48.9 Å². The molecule has 1 aliphatic carbocycles. The minimum atomic E-state index is -0.843. The fourth-order valence-electron chi connectivity index (χ4n) is 4.05. The van der Waals surface area contributed by atoms with Crippen LogP contribution < -0.4 is 10.6 Å². The topological polar surface area (TPSA) is 105 Å². The summed E-state index contributed by atoms with van der Waals surface area (Å²) in [6.45, 7) is 4.15. The van der Waals surface area contributed by atoms with E-state index in [2.05, 4.69) is 34.9 Å². The Balaban J connectivity index is 1.48. The van der Waals surface area contributed by atoms with E-state index in [9.17, 15) is 14.4 Å². The molecule has 0 aliphatic heterocycles. The first kappa shape index (κ1) is 23.3. The fraction of sp³-hybridized carbons (Fsp3) is 0.400. The first-order valence-corrected chi connectivity index (χ1v) is 10.9. The molecule has 7 heteroatoms. The fourth-order valence-corrected chi connectivity index (χ4v) is 4.05. The molecule has 2 aromatic carbocycles. The number of nitrogens with one attached hydrogen (secondary N) is 2. The van der Waals surface area contributed by atoms with Gasteiger partial charge >= 0.3 is 12.1 Å². The van der Waals surface area contributed by atoms with Crippen LogP contribution in [0.3, 0.4) is 0 Å². The van der Waals surface area contributed by atoms with Crippen molar-refractivity contribution in [2.45, 2.75) is 51.0 Å². The Bertz CT molecular complexity index is 940. The van der Waals surface area contributed by atoms with Crippen LogP contribution in [0.5, 0.6) is 0 Å². The Morgan fingerprint density at radius 3 is 2.16 bits per heavy atom. The molecule has 0 atom stereocenters. The summed E-state index contributed by atoms with van der Waals surface area (Å²) in [4.78, 5) is 35.1. The number of hydrogen-bond donors (Lipinski definition) is 3. The van der Waals surface area contributed by atoms with Crippen molar-refractivity contribution in [3.05, 3.63) is 59.7 Å². The Kier molecular flexibility index (Phi) is 7.51. The average molecular weight is 439 g/mol. The molecule has 170 valence electrons. The molecule has 0 spiro atoms. The molecule has 0 fully saturated rings. The van der Waals surface area contributed by atoms with Crippen molar-refractivity contribution in [2.24, 2.45) is 0 Å². The zero-order valence-corrected chi connectivity index (χ0v) is 18.5. The number of aliphatic carboxylic acids is 1. The van der Waals surface area contributed by atoms with Gasteiger partial charge in [0, 0.05) is 30.8 Å². The van der Waals surface area contributed by atoms with Gasteiger partial charge in [0.2, 0.25) is 5.91 Å². The summed E-state index contributed by atoms with van der Waals surface area (Å²) < 4.78 is 5.56. The molecule has 32 heavy (non-hydrogen) atoms. The number of alkyl carbamates (subject to hydrolysis) is 1. The summed E-state index contributed by atoms with van der Waals surface area (Å²) in [5.41, 5.74) is 3.83. The van der Waals surface area contributed by atoms with Crippen LogP contribution in [0.25, 0.3) is 11.1 Å². The predicted molar refractivity (Wildman–Crippen MR) is 121 cm³/mol. The van der Waals surface area contributed by atoms with Crippen LogP contribution in [0, 0.1) is 0 Å². The molecule has 0 saturated heterocycles. The van der Waals surface area contributed by atoms with Gasteiger partial charge in [-0.2, -0.15) is 0 Å². The number of amides is 2. The zero-order chi connectivity index (χ0) is 23.1. The van der Waals surface area contributed by atoms with Crippen LogP contribution in [0.1, 0.15) is 56.6 Å². The minimum Gasteiger partial charge on any atom is -0.481 e. The zero-order valence-electron chi connectivity index (χ0n) is 18.5. The van der Waals surface area contributed by atoms with Gasteiger partial charge in [-0.15, -0.1) is 0 Å². The van der Waals surface area contributed by atoms with Crippen LogP contribution >= 0.6 is 0 Å². The van der Waals surface area contributed by atoms with Crippen LogP contribution in [-0.4, -0.2) is 41.8 Å². The average Bonchev–Trinajstić information content (AvgIpc) is 3.05. The Hall–Kier alpha value is -3.35. The van der Waals surface area contributed by atoms with E-state index >= 15 is 0 Å². The summed E-state index contributed by atoms with van der Waals surface area (Å²) in [5, 5.41) is 14.2. The number of rotatable bonds is 10. The third kappa shape index (κ3) is 6.09. The monoisotopic (exact) mass is 438 g/mol. The van der Waals surface area contributed by atoms with Gasteiger partial charge in [0.05, 0.1) is 0 Å². The lowest BCUT2D eigenvalue weighted by atomic mass is 9.98. The maximum Gasteiger partial charge on any atom is 0.407 e. The van der Waals surface area contributed by atoms with E-state index in [1.807, 2.05) is 24.3 Å². The van der Waals surface area contributed by atoms with Crippen LogP contribution in [0.4, 0.5) is 4.79 Å². The molecular weight excluding hydrogens is 408 g/mol. The van der Waals surface area contributed by atoms with Crippen LogP contribution in [0.15, 0.2) is 48.5 Å². The molecule has 2 amide bonds. The third-order valence-electron chi connectivity index (χ3n) is 5.53. The summed E-state index contributed by atoms with van der Waals surface area (Å²) in [7, 11) is 0. The summed E-state index contributed by atoms with van der Waals surface area (Å²) >= 11 is 0. The van der Waals surface area contributed by atoms with Crippen LogP contribution in [0.2, 0.25) is 0 Å². The molecule has 0 bridgehead atoms. The third-order valence-corrected chi connectivity index (χ3v) is 5.53. The maximum absolute atomic E-state index is 12.5. The van der Waals surface area contributed by atoms with E-state index in [1.54, 1.807) is 13.8 Å². The molecule has 7 nitrogen and oxygen atoms in total. The van der Waals surface area contributed by atoms with Crippen molar-refractivity contribution in [1.29, 1.82) is 0 Å². The van der Waals surface area contributed by atoms with E-state index < -0.39 is 17.6 Å². The molecule has 0 saturated carbocycles. The number of carboxylic acids is 1. The van der Waals surface area contributed by atoms with Crippen molar-refractivity contribution >= 4 is 18.0 Å². The van der Waals surface area contributed by atoms with Crippen molar-refractivity contribution < 1.29 is 24.2 Å². The highest BCUT2D eigenvalue weighted by atomic mass is 16.5. The molecule has 3 N–H and O–H groups in total. The smallest absolute Gasteiger partial charge is 0.407 e. The van der Waals surface area contributed by atoms with E-state index in [-0.39, 0.29) is 31.3 Å². The van der Waals surface area contributed by atoms with Crippen LogP contribution in [-0.2, 0) is 14.3 Å². The lowest BCUT2D eigenvalue weighted by molar-refractivity contribution is -0.137. The highest BCUT2D eigenvalue weighted by molar-refractivity contribution is 5.80. The predicted octanol–water partition coefficient (Wildman–Crippen LogP) is 4.06. The first-order chi connectivity index (χ1) is 15.3. The maximum atomic E-state index is 12.5. The number of ether oxygens (including phenoxy) is 1. The van der Waals surface area contributed by atoms with Gasteiger partial charge < -0.3 is 20.5 Å². The number of hydrogen-bond acceptors (Lipinski definition) is 4. The number of carbonyl (C=O) groups is 3. The minimum absolute atomic E-state index is 0.0228. The summed E-state index contributed by atoms with van der Waals surface area (Å²) in [5.74, 6) is -1.07. The highest BCUT2D eigenvalue weighted by Gasteiger charge is 2.30. The quantitative estimate of drug-likeness (QED) is 0.485. The lowest BCUT2D eigenvalue weighted by Gasteiger charge is -2.25. The van der Waals surface area contributed by atoms with Gasteiger partial charge in [-0.25, -0.2) is 4.79 Å². The summed E-state index contributed by atoms with van der Waals surface area (Å²) in [6, 6.07) is 16.3. The van der Waals surface area contributed by atoms with E-state index in [0.717, 1.165) is 22.3 Å². The molecular formula is C25H30N2O5. The number of unbranched alkanes of at least 4 members (excludes halogenated alkanes) is 1. The number of carbonyl (C=O) groups excluding carboxylic acids is 2. The number of fused-ring (bicyclic) bond motifs is 3. The van der Waals surface area contributed by atoms with Gasteiger partial charge in [0.1, 0.15) is 6.61 Å². The molecule has 0 aromatic heterocycles. The standard InChI is InChI=1S/C25H30N2O5/c1-25(2,15-22(28)26-14-8-7-13-23(29)30)27-24(31)32-16-21-19-11-5-3-9-17(19)18-10-4-6-12-20(18)21/h3-6,9-12,21H,7-8,13-16H2,1-2H3,(H,26,28)(H,27,31)(H,29,30). The molecule has 1 aliphatic rings. The first-order valence-electron chi connectivity index (χ1n) is 10.9. The normalized spacial score (nSPS) is 12.6. The van der Waals surface area contributed by atoms with Crippen molar-refractivity contribution in [3.8, 4) is 11.1 Å². The van der Waals surface area contributed by atoms with Crippen molar-refractivity contribution in [2.75, 3.05) is 13.2 Å². The second kappa shape index (κ2) is 10.3. The molecule has 0 radical (unpaired) electrons. The summed E-state index contributed by atoms with van der Waals surface area (Å²) in [6.07, 6.45) is 0.724. The highest BCUT2D eigenvalue weighted by Crippen LogP contribution is 2.44. The largest absolute Gasteiger partial charge is 0.481 e. The second-order valence-electron chi connectivity index (χ2n) is 8.71. The van der Waals surface area contributed by atoms with Crippen molar-refractivity contribution in [1.82, 2.24) is 10.6 Å². The van der Waals surface area contributed by atoms with Gasteiger partial charge in [-0.1, -0.05) is 48.5 Å². The Labute approximate surface area is 188 Å². The van der Waals surface area contributed by atoms with Gasteiger partial charge in [0.15, 0.2) is 0 Å². The lowest BCUT2D eigenvalue weighted by Crippen LogP contribution is -2.47. The Morgan fingerprint density at radius 1 is 0.969 bits per heavy atom. The van der Waals surface area contributed by atoms with E-state index in [4.69, 9.17) is 9.84 Å².